The first-order valence-corrected chi connectivity index (χ1v) is 8.63. The molecule has 1 fully saturated rings. The first-order valence-electron chi connectivity index (χ1n) is 8.63. The topological polar surface area (TPSA) is 67.9 Å². The summed E-state index contributed by atoms with van der Waals surface area (Å²) in [6.45, 7) is 8.71. The summed E-state index contributed by atoms with van der Waals surface area (Å²) in [6.07, 6.45) is 0.287. The molecular weight excluding hydrogens is 320 g/mol. The van der Waals surface area contributed by atoms with Gasteiger partial charge in [-0.2, -0.15) is 0 Å². The number of para-hydroxylation sites is 1. The Morgan fingerprint density at radius 3 is 2.52 bits per heavy atom. The number of nitrogens with zero attached hydrogens (tertiary/aromatic N) is 1. The van der Waals surface area contributed by atoms with Crippen LogP contribution >= 0.6 is 0 Å². The van der Waals surface area contributed by atoms with Gasteiger partial charge in [0.2, 0.25) is 0 Å². The third-order valence-electron chi connectivity index (χ3n) is 4.23. The summed E-state index contributed by atoms with van der Waals surface area (Å²) < 4.78 is 10.6. The van der Waals surface area contributed by atoms with Gasteiger partial charge in [0.25, 0.3) is 5.91 Å². The van der Waals surface area contributed by atoms with E-state index in [0.717, 1.165) is 0 Å². The van der Waals surface area contributed by atoms with Gasteiger partial charge in [-0.05, 0) is 45.2 Å². The van der Waals surface area contributed by atoms with Gasteiger partial charge in [0.05, 0.1) is 12.7 Å². The summed E-state index contributed by atoms with van der Waals surface area (Å²) in [5, 5.41) is 2.92. The van der Waals surface area contributed by atoms with Crippen molar-refractivity contribution in [3.63, 3.8) is 0 Å². The zero-order valence-corrected chi connectivity index (χ0v) is 15.7. The van der Waals surface area contributed by atoms with E-state index >= 15 is 0 Å². The maximum Gasteiger partial charge on any atom is 0.407 e. The lowest BCUT2D eigenvalue weighted by Gasteiger charge is -2.37. The molecule has 2 amide bonds. The lowest BCUT2D eigenvalue weighted by Crippen LogP contribution is -2.52. The van der Waals surface area contributed by atoms with Crippen molar-refractivity contribution >= 4 is 12.0 Å². The Bertz CT molecular complexity index is 624. The van der Waals surface area contributed by atoms with Crippen LogP contribution in [0, 0.1) is 5.92 Å². The van der Waals surface area contributed by atoms with Crippen molar-refractivity contribution in [3.8, 4) is 5.75 Å². The second kappa shape index (κ2) is 7.76. The van der Waals surface area contributed by atoms with Gasteiger partial charge in [0.15, 0.2) is 0 Å². The SMILES string of the molecule is COc1ccccc1C(=O)N1CC[C@H](NC(=O)OC(C)(C)C)[C@H](C)C1. The first-order chi connectivity index (χ1) is 11.7. The molecule has 2 atom stereocenters. The Hall–Kier alpha value is -2.24. The predicted molar refractivity (Wildman–Crippen MR) is 95.8 cm³/mol. The van der Waals surface area contributed by atoms with Crippen LogP contribution in [0.3, 0.4) is 0 Å². The smallest absolute Gasteiger partial charge is 0.407 e. The Morgan fingerprint density at radius 2 is 1.92 bits per heavy atom. The highest BCUT2D eigenvalue weighted by Crippen LogP contribution is 2.24. The molecule has 1 N–H and O–H groups in total. The second-order valence-corrected chi connectivity index (χ2v) is 7.47. The number of nitrogens with one attached hydrogen (secondary N) is 1. The number of hydrogen-bond donors (Lipinski definition) is 1. The molecule has 0 aliphatic carbocycles. The number of piperidine rings is 1. The van der Waals surface area contributed by atoms with E-state index in [1.54, 1.807) is 19.2 Å². The van der Waals surface area contributed by atoms with E-state index in [4.69, 9.17) is 9.47 Å². The van der Waals surface area contributed by atoms with Gasteiger partial charge < -0.3 is 19.7 Å². The van der Waals surface area contributed by atoms with Crippen molar-refractivity contribution in [1.82, 2.24) is 10.2 Å². The van der Waals surface area contributed by atoms with Crippen LogP contribution in [0.15, 0.2) is 24.3 Å². The van der Waals surface area contributed by atoms with Crippen molar-refractivity contribution in [3.05, 3.63) is 29.8 Å². The molecule has 1 saturated heterocycles. The zero-order chi connectivity index (χ0) is 18.6. The highest BCUT2D eigenvalue weighted by molar-refractivity contribution is 5.97. The standard InChI is InChI=1S/C19H28N2O4/c1-13-12-21(17(22)14-8-6-7-9-16(14)24-5)11-10-15(13)20-18(23)25-19(2,3)4/h6-9,13,15H,10-12H2,1-5H3,(H,20,23)/t13-,15+/m1/s1. The molecule has 0 saturated carbocycles. The highest BCUT2D eigenvalue weighted by Gasteiger charge is 2.32. The zero-order valence-electron chi connectivity index (χ0n) is 15.7. The summed E-state index contributed by atoms with van der Waals surface area (Å²) in [5.41, 5.74) is 0.0455. The van der Waals surface area contributed by atoms with Gasteiger partial charge in [-0.25, -0.2) is 4.79 Å². The van der Waals surface area contributed by atoms with Crippen LogP contribution < -0.4 is 10.1 Å². The number of ether oxygens (including phenoxy) is 2. The molecule has 0 radical (unpaired) electrons. The number of methoxy groups -OCH3 is 1. The van der Waals surface area contributed by atoms with Crippen LogP contribution in [-0.2, 0) is 4.74 Å². The van der Waals surface area contributed by atoms with E-state index in [-0.39, 0.29) is 17.9 Å². The van der Waals surface area contributed by atoms with E-state index in [9.17, 15) is 9.59 Å². The minimum atomic E-state index is -0.520. The number of amides is 2. The summed E-state index contributed by atoms with van der Waals surface area (Å²) in [6, 6.07) is 7.23. The minimum absolute atomic E-state index is 0.00318. The van der Waals surface area contributed by atoms with Gasteiger partial charge in [0, 0.05) is 19.1 Å². The molecule has 1 heterocycles. The van der Waals surface area contributed by atoms with Gasteiger partial charge in [0.1, 0.15) is 11.4 Å². The Balaban J connectivity index is 1.97. The van der Waals surface area contributed by atoms with Crippen LogP contribution in [0.1, 0.15) is 44.5 Å². The monoisotopic (exact) mass is 348 g/mol. The van der Waals surface area contributed by atoms with Crippen LogP contribution in [0.25, 0.3) is 0 Å². The van der Waals surface area contributed by atoms with E-state index in [2.05, 4.69) is 5.32 Å². The lowest BCUT2D eigenvalue weighted by molar-refractivity contribution is 0.0431. The molecule has 1 aliphatic heterocycles. The van der Waals surface area contributed by atoms with Crippen molar-refractivity contribution in [2.45, 2.75) is 45.8 Å². The van der Waals surface area contributed by atoms with Gasteiger partial charge in [-0.1, -0.05) is 19.1 Å². The normalized spacial score (nSPS) is 20.8. The summed E-state index contributed by atoms with van der Waals surface area (Å²) in [7, 11) is 1.56. The maximum atomic E-state index is 12.8. The fourth-order valence-electron chi connectivity index (χ4n) is 3.00. The first kappa shape index (κ1) is 19.1. The maximum absolute atomic E-state index is 12.8. The second-order valence-electron chi connectivity index (χ2n) is 7.47. The molecule has 0 spiro atoms. The number of carbonyl (C=O) groups excluding carboxylic acids is 2. The van der Waals surface area contributed by atoms with E-state index in [1.807, 2.05) is 44.7 Å². The lowest BCUT2D eigenvalue weighted by atomic mass is 9.93. The molecule has 2 rings (SSSR count). The summed E-state index contributed by atoms with van der Waals surface area (Å²) in [4.78, 5) is 26.6. The molecule has 6 heteroatoms. The number of benzene rings is 1. The minimum Gasteiger partial charge on any atom is -0.496 e. The number of alkyl carbamates (subject to hydrolysis) is 1. The van der Waals surface area contributed by atoms with Gasteiger partial charge >= 0.3 is 6.09 Å². The largest absolute Gasteiger partial charge is 0.496 e. The molecular formula is C19H28N2O4. The molecule has 1 aromatic carbocycles. The summed E-state index contributed by atoms with van der Waals surface area (Å²) >= 11 is 0. The molecule has 0 unspecified atom stereocenters. The van der Waals surface area contributed by atoms with Crippen LogP contribution in [0.5, 0.6) is 5.75 Å². The Labute approximate surface area is 149 Å². The third kappa shape index (κ3) is 5.11. The van der Waals surface area contributed by atoms with Crippen molar-refractivity contribution < 1.29 is 19.1 Å². The van der Waals surface area contributed by atoms with Crippen LogP contribution in [-0.4, -0.2) is 48.7 Å². The molecule has 1 aliphatic rings. The summed E-state index contributed by atoms with van der Waals surface area (Å²) in [5.74, 6) is 0.675. The average Bonchev–Trinajstić information content (AvgIpc) is 2.54. The fraction of sp³-hybridized carbons (Fsp3) is 0.579. The average molecular weight is 348 g/mol. The quantitative estimate of drug-likeness (QED) is 0.911. The number of carbonyl (C=O) groups is 2. The highest BCUT2D eigenvalue weighted by atomic mass is 16.6. The molecule has 138 valence electrons. The third-order valence-corrected chi connectivity index (χ3v) is 4.23. The van der Waals surface area contributed by atoms with Crippen molar-refractivity contribution in [1.29, 1.82) is 0 Å². The molecule has 0 bridgehead atoms. The molecule has 6 nitrogen and oxygen atoms in total. The number of likely N-dealkylation sites (tertiary alicyclic amines) is 1. The molecule has 0 aromatic heterocycles. The molecule has 25 heavy (non-hydrogen) atoms. The van der Waals surface area contributed by atoms with Crippen LogP contribution in [0.4, 0.5) is 4.79 Å². The van der Waals surface area contributed by atoms with E-state index in [0.29, 0.717) is 30.8 Å². The molecule has 1 aromatic rings. The number of rotatable bonds is 3. The Morgan fingerprint density at radius 1 is 1.24 bits per heavy atom. The van der Waals surface area contributed by atoms with Gasteiger partial charge in [-0.3, -0.25) is 4.79 Å². The Kier molecular flexibility index (Phi) is 5.93. The fourth-order valence-corrected chi connectivity index (χ4v) is 3.00. The van der Waals surface area contributed by atoms with Gasteiger partial charge in [-0.15, -0.1) is 0 Å². The van der Waals surface area contributed by atoms with Crippen molar-refractivity contribution in [2.75, 3.05) is 20.2 Å². The van der Waals surface area contributed by atoms with Crippen LogP contribution in [0.2, 0.25) is 0 Å². The number of hydrogen-bond acceptors (Lipinski definition) is 4. The van der Waals surface area contributed by atoms with Crippen molar-refractivity contribution in [2.24, 2.45) is 5.92 Å². The van der Waals surface area contributed by atoms with E-state index in [1.165, 1.54) is 0 Å². The predicted octanol–water partition coefficient (Wildman–Crippen LogP) is 3.07. The van der Waals surface area contributed by atoms with E-state index < -0.39 is 11.7 Å².